The molecule has 4 heteroatoms. The molecule has 1 atom stereocenters. The molecule has 0 aromatic carbocycles. The van der Waals surface area contributed by atoms with E-state index in [1.54, 1.807) is 12.1 Å². The van der Waals surface area contributed by atoms with E-state index in [2.05, 4.69) is 0 Å². The number of hydrogen-bond donors (Lipinski definition) is 2. The topological polar surface area (TPSA) is 76.5 Å². The Balaban J connectivity index is 2.50. The number of rotatable bonds is 3. The zero-order valence-electron chi connectivity index (χ0n) is 5.86. The monoisotopic (exact) mass is 155 g/mol. The molecule has 0 bridgehead atoms. The zero-order valence-corrected chi connectivity index (χ0v) is 5.86. The van der Waals surface area contributed by atoms with Gasteiger partial charge in [-0.1, -0.05) is 0 Å². The molecule has 60 valence electrons. The van der Waals surface area contributed by atoms with Crippen molar-refractivity contribution in [2.45, 2.75) is 12.5 Å². The Kier molecular flexibility index (Phi) is 2.28. The first-order chi connectivity index (χ1) is 5.20. The highest BCUT2D eigenvalue weighted by molar-refractivity contribution is 5.73. The predicted octanol–water partition coefficient (Wildman–Crippen LogP) is 0.234. The Labute approximate surface area is 63.6 Å². The third-order valence-corrected chi connectivity index (χ3v) is 1.32. The van der Waals surface area contributed by atoms with Crippen LogP contribution in [0.25, 0.3) is 0 Å². The van der Waals surface area contributed by atoms with Crippen LogP contribution in [0.1, 0.15) is 5.76 Å². The SMILES string of the molecule is N[C@H](Cc1ccco1)C(=O)O. The van der Waals surface area contributed by atoms with Crippen molar-refractivity contribution in [3.8, 4) is 0 Å². The van der Waals surface area contributed by atoms with E-state index < -0.39 is 12.0 Å². The molecule has 11 heavy (non-hydrogen) atoms. The number of nitrogens with two attached hydrogens (primary N) is 1. The van der Waals surface area contributed by atoms with Crippen LogP contribution in [-0.2, 0) is 11.2 Å². The summed E-state index contributed by atoms with van der Waals surface area (Å²) in [5.41, 5.74) is 5.25. The Hall–Kier alpha value is -1.29. The first-order valence-electron chi connectivity index (χ1n) is 3.21. The number of carbonyl (C=O) groups is 1. The summed E-state index contributed by atoms with van der Waals surface area (Å²) >= 11 is 0. The van der Waals surface area contributed by atoms with Gasteiger partial charge in [0.1, 0.15) is 11.8 Å². The second kappa shape index (κ2) is 3.21. The summed E-state index contributed by atoms with van der Waals surface area (Å²) in [6.07, 6.45) is 1.73. The second-order valence-electron chi connectivity index (χ2n) is 2.23. The van der Waals surface area contributed by atoms with E-state index in [-0.39, 0.29) is 6.42 Å². The highest BCUT2D eigenvalue weighted by Gasteiger charge is 2.12. The fourth-order valence-corrected chi connectivity index (χ4v) is 0.733. The van der Waals surface area contributed by atoms with Crippen molar-refractivity contribution >= 4 is 5.97 Å². The summed E-state index contributed by atoms with van der Waals surface area (Å²) in [4.78, 5) is 10.3. The minimum atomic E-state index is -1.01. The Bertz CT molecular complexity index is 230. The molecule has 0 saturated carbocycles. The molecule has 1 rings (SSSR count). The van der Waals surface area contributed by atoms with E-state index in [1.807, 2.05) is 0 Å². The number of carboxylic acids is 1. The van der Waals surface area contributed by atoms with Crippen molar-refractivity contribution in [3.05, 3.63) is 24.2 Å². The van der Waals surface area contributed by atoms with Crippen molar-refractivity contribution in [2.75, 3.05) is 0 Å². The zero-order chi connectivity index (χ0) is 8.27. The van der Waals surface area contributed by atoms with Crippen molar-refractivity contribution in [3.63, 3.8) is 0 Å². The molecule has 0 amide bonds. The van der Waals surface area contributed by atoms with Gasteiger partial charge in [0.25, 0.3) is 0 Å². The number of furan rings is 1. The predicted molar refractivity (Wildman–Crippen MR) is 38.0 cm³/mol. The molecular weight excluding hydrogens is 146 g/mol. The largest absolute Gasteiger partial charge is 0.480 e. The standard InChI is InChI=1S/C7H9NO3/c8-6(7(9)10)4-5-2-1-3-11-5/h1-3,6H,4,8H2,(H,9,10)/t6-/m1/s1. The van der Waals surface area contributed by atoms with Crippen LogP contribution in [-0.4, -0.2) is 17.1 Å². The molecule has 0 radical (unpaired) electrons. The lowest BCUT2D eigenvalue weighted by Gasteiger charge is -2.01. The lowest BCUT2D eigenvalue weighted by molar-refractivity contribution is -0.138. The Morgan fingerprint density at radius 2 is 2.55 bits per heavy atom. The van der Waals surface area contributed by atoms with Crippen LogP contribution in [0.2, 0.25) is 0 Å². The molecule has 0 saturated heterocycles. The Morgan fingerprint density at radius 1 is 1.82 bits per heavy atom. The molecule has 1 heterocycles. The van der Waals surface area contributed by atoms with Gasteiger partial charge in [-0.15, -0.1) is 0 Å². The first kappa shape index (κ1) is 7.81. The fourth-order valence-electron chi connectivity index (χ4n) is 0.733. The van der Waals surface area contributed by atoms with Crippen LogP contribution in [0.5, 0.6) is 0 Å². The average molecular weight is 155 g/mol. The third kappa shape index (κ3) is 2.09. The summed E-state index contributed by atoms with van der Waals surface area (Å²) in [5.74, 6) is -0.415. The molecule has 0 aliphatic carbocycles. The Morgan fingerprint density at radius 3 is 3.00 bits per heavy atom. The van der Waals surface area contributed by atoms with Gasteiger partial charge in [-0.2, -0.15) is 0 Å². The maximum atomic E-state index is 10.3. The minimum absolute atomic E-state index is 0.238. The van der Waals surface area contributed by atoms with Crippen LogP contribution >= 0.6 is 0 Å². The molecule has 3 N–H and O–H groups in total. The fraction of sp³-hybridized carbons (Fsp3) is 0.286. The van der Waals surface area contributed by atoms with E-state index in [4.69, 9.17) is 15.3 Å². The van der Waals surface area contributed by atoms with E-state index in [9.17, 15) is 4.79 Å². The maximum absolute atomic E-state index is 10.3. The molecule has 0 spiro atoms. The van der Waals surface area contributed by atoms with Crippen molar-refractivity contribution in [1.29, 1.82) is 0 Å². The van der Waals surface area contributed by atoms with Gasteiger partial charge in [0.15, 0.2) is 0 Å². The van der Waals surface area contributed by atoms with Crippen LogP contribution < -0.4 is 5.73 Å². The lowest BCUT2D eigenvalue weighted by atomic mass is 10.2. The van der Waals surface area contributed by atoms with Crippen LogP contribution in [0.3, 0.4) is 0 Å². The summed E-state index contributed by atoms with van der Waals surface area (Å²) in [6.45, 7) is 0. The van der Waals surface area contributed by atoms with Gasteiger partial charge in [0.2, 0.25) is 0 Å². The smallest absolute Gasteiger partial charge is 0.320 e. The summed E-state index contributed by atoms with van der Waals surface area (Å²) in [5, 5.41) is 8.41. The lowest BCUT2D eigenvalue weighted by Crippen LogP contribution is -2.32. The van der Waals surface area contributed by atoms with Crippen LogP contribution in [0.15, 0.2) is 22.8 Å². The second-order valence-corrected chi connectivity index (χ2v) is 2.23. The molecule has 0 unspecified atom stereocenters. The van der Waals surface area contributed by atoms with Crippen molar-refractivity contribution in [2.24, 2.45) is 5.73 Å². The quantitative estimate of drug-likeness (QED) is 0.655. The van der Waals surface area contributed by atoms with Gasteiger partial charge in [0.05, 0.1) is 6.26 Å². The van der Waals surface area contributed by atoms with Gasteiger partial charge in [0, 0.05) is 6.42 Å². The third-order valence-electron chi connectivity index (χ3n) is 1.32. The molecule has 0 fully saturated rings. The average Bonchev–Trinajstić information content (AvgIpc) is 2.39. The highest BCUT2D eigenvalue weighted by atomic mass is 16.4. The van der Waals surface area contributed by atoms with Crippen molar-refractivity contribution < 1.29 is 14.3 Å². The van der Waals surface area contributed by atoms with E-state index in [0.29, 0.717) is 5.76 Å². The molecule has 4 nitrogen and oxygen atoms in total. The first-order valence-corrected chi connectivity index (χ1v) is 3.21. The maximum Gasteiger partial charge on any atom is 0.320 e. The highest BCUT2D eigenvalue weighted by Crippen LogP contribution is 2.02. The summed E-state index contributed by atoms with van der Waals surface area (Å²) < 4.78 is 4.91. The number of aliphatic carboxylic acids is 1. The van der Waals surface area contributed by atoms with Crippen LogP contribution in [0.4, 0.5) is 0 Å². The normalized spacial score (nSPS) is 12.8. The molecule has 0 aliphatic rings. The van der Waals surface area contributed by atoms with E-state index >= 15 is 0 Å². The van der Waals surface area contributed by atoms with E-state index in [0.717, 1.165) is 0 Å². The van der Waals surface area contributed by atoms with Gasteiger partial charge < -0.3 is 15.3 Å². The summed E-state index contributed by atoms with van der Waals surface area (Å²) in [7, 11) is 0. The van der Waals surface area contributed by atoms with E-state index in [1.165, 1.54) is 6.26 Å². The van der Waals surface area contributed by atoms with Gasteiger partial charge in [-0.25, -0.2) is 0 Å². The van der Waals surface area contributed by atoms with Crippen molar-refractivity contribution in [1.82, 2.24) is 0 Å². The number of hydrogen-bond acceptors (Lipinski definition) is 3. The molecule has 1 aromatic heterocycles. The van der Waals surface area contributed by atoms with Gasteiger partial charge in [-0.3, -0.25) is 4.79 Å². The molecule has 1 aromatic rings. The minimum Gasteiger partial charge on any atom is -0.480 e. The van der Waals surface area contributed by atoms with Gasteiger partial charge in [-0.05, 0) is 12.1 Å². The number of carboxylic acid groups (broad SMARTS) is 1. The van der Waals surface area contributed by atoms with Gasteiger partial charge >= 0.3 is 5.97 Å². The summed E-state index contributed by atoms with van der Waals surface area (Å²) in [6, 6.07) is 2.52. The molecule has 0 aliphatic heterocycles. The van der Waals surface area contributed by atoms with Crippen LogP contribution in [0, 0.1) is 0 Å². The molecular formula is C7H9NO3.